The van der Waals surface area contributed by atoms with Crippen LogP contribution in [0, 0.1) is 11.8 Å². The van der Waals surface area contributed by atoms with E-state index in [2.05, 4.69) is 105 Å². The predicted molar refractivity (Wildman–Crippen MR) is 159 cm³/mol. The van der Waals surface area contributed by atoms with E-state index < -0.39 is 0 Å². The lowest BCUT2D eigenvalue weighted by molar-refractivity contribution is 0.546. The van der Waals surface area contributed by atoms with Crippen LogP contribution in [-0.4, -0.2) is 9.55 Å². The molecule has 0 N–H and O–H groups in total. The van der Waals surface area contributed by atoms with Gasteiger partial charge < -0.3 is 4.42 Å². The van der Waals surface area contributed by atoms with Crippen LogP contribution in [0.25, 0.3) is 34.1 Å². The van der Waals surface area contributed by atoms with Gasteiger partial charge in [0.15, 0.2) is 0 Å². The lowest BCUT2D eigenvalue weighted by Gasteiger charge is -2.30. The van der Waals surface area contributed by atoms with E-state index in [0.717, 1.165) is 54.8 Å². The minimum atomic E-state index is 0.412. The van der Waals surface area contributed by atoms with Gasteiger partial charge in [0.2, 0.25) is 0 Å². The van der Waals surface area contributed by atoms with Crippen LogP contribution in [0.3, 0.4) is 0 Å². The first-order valence-electron chi connectivity index (χ1n) is 14.2. The molecule has 0 amide bonds. The minimum absolute atomic E-state index is 0.412. The fourth-order valence-electron chi connectivity index (χ4n) is 6.27. The van der Waals surface area contributed by atoms with E-state index in [1.54, 1.807) is 0 Å². The molecule has 38 heavy (non-hydrogen) atoms. The summed E-state index contributed by atoms with van der Waals surface area (Å²) in [5.41, 5.74) is 9.08. The van der Waals surface area contributed by atoms with Crippen LogP contribution in [-0.2, 0) is 6.42 Å². The summed E-state index contributed by atoms with van der Waals surface area (Å²) in [5, 5.41) is 1.19. The Balaban J connectivity index is 1.48. The van der Waals surface area contributed by atoms with Gasteiger partial charge >= 0.3 is 0 Å². The van der Waals surface area contributed by atoms with Crippen LogP contribution >= 0.6 is 0 Å². The molecule has 0 aliphatic heterocycles. The highest BCUT2D eigenvalue weighted by atomic mass is 16.3. The number of aryl methyl sites for hydroxylation is 1. The van der Waals surface area contributed by atoms with Crippen molar-refractivity contribution in [1.82, 2.24) is 9.55 Å². The summed E-state index contributed by atoms with van der Waals surface area (Å²) in [4.78, 5) is 4.92. The van der Waals surface area contributed by atoms with Gasteiger partial charge in [0.05, 0.1) is 0 Å². The highest BCUT2D eigenvalue weighted by Gasteiger charge is 2.27. The molecule has 1 atom stereocenters. The molecule has 1 unspecified atom stereocenters. The van der Waals surface area contributed by atoms with Gasteiger partial charge in [-0.1, -0.05) is 76.3 Å². The highest BCUT2D eigenvalue weighted by Crippen LogP contribution is 2.43. The number of imidazole rings is 1. The van der Waals surface area contributed by atoms with E-state index >= 15 is 0 Å². The molecule has 0 radical (unpaired) electrons. The maximum atomic E-state index is 6.19. The van der Waals surface area contributed by atoms with E-state index in [9.17, 15) is 0 Å². The molecule has 6 rings (SSSR count). The average Bonchev–Trinajstić information content (AvgIpc) is 3.53. The lowest BCUT2D eigenvalue weighted by atomic mass is 9.79. The van der Waals surface area contributed by atoms with Crippen LogP contribution in [0.1, 0.15) is 76.2 Å². The SMILES string of the molecule is CC(C)CC1=CC(c2ccccc2)CC(CC(C)C)=C1n1ccnc1-c1ccc2oc3c(c2c1)C=CCC3. The van der Waals surface area contributed by atoms with Crippen LogP contribution in [0.5, 0.6) is 0 Å². The third-order valence-corrected chi connectivity index (χ3v) is 7.78. The van der Waals surface area contributed by atoms with Crippen molar-refractivity contribution in [2.24, 2.45) is 11.8 Å². The molecular formula is C35H38N2O. The fourth-order valence-corrected chi connectivity index (χ4v) is 6.27. The lowest BCUT2D eigenvalue weighted by Crippen LogP contribution is -2.15. The standard InChI is InChI=1S/C35H38N2O/c1-23(2)18-28-20-27(25-10-6-5-7-11-25)21-29(19-24(3)4)34(28)37-17-16-36-35(37)26-14-15-33-31(22-26)30-12-8-9-13-32(30)38-33/h5-8,10-12,14-17,20,22-24,27H,9,13,18-19,21H2,1-4H3. The van der Waals surface area contributed by atoms with Crippen molar-refractivity contribution in [3.8, 4) is 11.4 Å². The molecule has 3 nitrogen and oxygen atoms in total. The van der Waals surface area contributed by atoms with Crippen molar-refractivity contribution in [2.75, 3.05) is 0 Å². The maximum absolute atomic E-state index is 6.19. The molecule has 2 aliphatic carbocycles. The Morgan fingerprint density at radius 1 is 1.00 bits per heavy atom. The molecule has 2 heterocycles. The molecular weight excluding hydrogens is 464 g/mol. The highest BCUT2D eigenvalue weighted by molar-refractivity contribution is 5.92. The Kier molecular flexibility index (Phi) is 6.69. The number of aromatic nitrogens is 2. The van der Waals surface area contributed by atoms with Crippen LogP contribution in [0.2, 0.25) is 0 Å². The molecule has 4 aromatic rings. The largest absolute Gasteiger partial charge is 0.460 e. The minimum Gasteiger partial charge on any atom is -0.460 e. The zero-order valence-electron chi connectivity index (χ0n) is 23.1. The van der Waals surface area contributed by atoms with E-state index in [1.165, 1.54) is 33.4 Å². The third-order valence-electron chi connectivity index (χ3n) is 7.78. The number of hydrogen-bond acceptors (Lipinski definition) is 2. The number of hydrogen-bond donors (Lipinski definition) is 0. The second-order valence-corrected chi connectivity index (χ2v) is 11.8. The van der Waals surface area contributed by atoms with Gasteiger partial charge in [0, 0.05) is 46.9 Å². The topological polar surface area (TPSA) is 31.0 Å². The number of furan rings is 1. The summed E-state index contributed by atoms with van der Waals surface area (Å²) in [5.74, 6) is 3.67. The number of rotatable bonds is 7. The quantitative estimate of drug-likeness (QED) is 0.252. The van der Waals surface area contributed by atoms with E-state index in [-0.39, 0.29) is 0 Å². The third kappa shape index (κ3) is 4.71. The summed E-state index contributed by atoms with van der Waals surface area (Å²) in [6.45, 7) is 9.32. The van der Waals surface area contributed by atoms with Gasteiger partial charge in [-0.25, -0.2) is 4.98 Å². The van der Waals surface area contributed by atoms with Crippen molar-refractivity contribution in [2.45, 2.75) is 65.7 Å². The van der Waals surface area contributed by atoms with Gasteiger partial charge in [-0.15, -0.1) is 0 Å². The molecule has 0 bridgehead atoms. The van der Waals surface area contributed by atoms with Crippen molar-refractivity contribution >= 4 is 22.7 Å². The summed E-state index contributed by atoms with van der Waals surface area (Å²) in [7, 11) is 0. The van der Waals surface area contributed by atoms with Crippen molar-refractivity contribution in [1.29, 1.82) is 0 Å². The van der Waals surface area contributed by atoms with Gasteiger partial charge in [-0.05, 0) is 72.4 Å². The molecule has 0 spiro atoms. The Hall–Kier alpha value is -3.59. The molecule has 0 fully saturated rings. The first kappa shape index (κ1) is 24.7. The van der Waals surface area contributed by atoms with Crippen LogP contribution < -0.4 is 0 Å². The molecule has 194 valence electrons. The second-order valence-electron chi connectivity index (χ2n) is 11.8. The molecule has 0 saturated carbocycles. The number of nitrogens with zero attached hydrogens (tertiary/aromatic N) is 2. The van der Waals surface area contributed by atoms with Crippen molar-refractivity contribution in [3.05, 3.63) is 101 Å². The van der Waals surface area contributed by atoms with Gasteiger partial charge in [-0.3, -0.25) is 4.57 Å². The van der Waals surface area contributed by atoms with E-state index in [4.69, 9.17) is 9.40 Å². The summed E-state index contributed by atoms with van der Waals surface area (Å²) in [6, 6.07) is 17.6. The Bertz CT molecular complexity index is 1540. The zero-order valence-corrected chi connectivity index (χ0v) is 23.1. The molecule has 2 aromatic carbocycles. The molecule has 2 aliphatic rings. The van der Waals surface area contributed by atoms with Crippen molar-refractivity contribution < 1.29 is 4.42 Å². The smallest absolute Gasteiger partial charge is 0.144 e. The number of fused-ring (bicyclic) bond motifs is 3. The van der Waals surface area contributed by atoms with E-state index in [0.29, 0.717) is 17.8 Å². The number of allylic oxidation sites excluding steroid dienone is 5. The van der Waals surface area contributed by atoms with Crippen LogP contribution in [0.4, 0.5) is 0 Å². The monoisotopic (exact) mass is 502 g/mol. The van der Waals surface area contributed by atoms with Gasteiger partial charge in [0.1, 0.15) is 17.2 Å². The average molecular weight is 503 g/mol. The maximum Gasteiger partial charge on any atom is 0.144 e. The Morgan fingerprint density at radius 3 is 2.61 bits per heavy atom. The fraction of sp³-hybridized carbons (Fsp3) is 0.343. The Labute approximate surface area is 226 Å². The second kappa shape index (κ2) is 10.3. The zero-order chi connectivity index (χ0) is 26.2. The summed E-state index contributed by atoms with van der Waals surface area (Å²) < 4.78 is 8.56. The number of benzene rings is 2. The summed E-state index contributed by atoms with van der Waals surface area (Å²) in [6.07, 6.45) is 16.3. The van der Waals surface area contributed by atoms with Crippen molar-refractivity contribution in [3.63, 3.8) is 0 Å². The molecule has 2 aromatic heterocycles. The molecule has 3 heteroatoms. The summed E-state index contributed by atoms with van der Waals surface area (Å²) >= 11 is 0. The van der Waals surface area contributed by atoms with Crippen LogP contribution in [0.15, 0.2) is 88.6 Å². The first-order valence-corrected chi connectivity index (χ1v) is 14.2. The van der Waals surface area contributed by atoms with E-state index in [1.807, 2.05) is 6.20 Å². The molecule has 0 saturated heterocycles. The first-order chi connectivity index (χ1) is 18.5. The predicted octanol–water partition coefficient (Wildman–Crippen LogP) is 9.67. The Morgan fingerprint density at radius 2 is 1.82 bits per heavy atom. The van der Waals surface area contributed by atoms with Gasteiger partial charge in [-0.2, -0.15) is 0 Å². The normalized spacial score (nSPS) is 17.5. The van der Waals surface area contributed by atoms with Gasteiger partial charge in [0.25, 0.3) is 0 Å².